The molecule has 0 radical (unpaired) electrons. The Morgan fingerprint density at radius 2 is 1.51 bits per heavy atom. The minimum absolute atomic E-state index is 0.0990. The first-order valence-electron chi connectivity index (χ1n) is 11.2. The van der Waals surface area contributed by atoms with Gasteiger partial charge in [-0.15, -0.1) is 0 Å². The minimum Gasteiger partial charge on any atom is -0.366 e. The molecule has 2 saturated heterocycles. The normalized spacial score (nSPS) is 21.7. The van der Waals surface area contributed by atoms with Crippen molar-refractivity contribution in [3.05, 3.63) is 70.3 Å². The first-order chi connectivity index (χ1) is 16.4. The smallest absolute Gasteiger partial charge is 0.366 e. The first-order valence-corrected chi connectivity index (χ1v) is 11.2. The summed E-state index contributed by atoms with van der Waals surface area (Å²) in [4.78, 5) is 27.7. The summed E-state index contributed by atoms with van der Waals surface area (Å²) in [7, 11) is 0. The van der Waals surface area contributed by atoms with Crippen LogP contribution in [0.3, 0.4) is 0 Å². The van der Waals surface area contributed by atoms with Crippen molar-refractivity contribution in [1.82, 2.24) is 0 Å². The van der Waals surface area contributed by atoms with Gasteiger partial charge in [-0.25, -0.2) is 0 Å². The van der Waals surface area contributed by atoms with E-state index in [0.29, 0.717) is 5.69 Å². The molecular weight excluding hydrogens is 474 g/mol. The van der Waals surface area contributed by atoms with E-state index in [-0.39, 0.29) is 24.1 Å². The van der Waals surface area contributed by atoms with Crippen LogP contribution in [-0.4, -0.2) is 23.8 Å². The number of alkyl halides is 6. The molecule has 0 saturated carbocycles. The predicted octanol–water partition coefficient (Wildman–Crippen LogP) is 6.16. The molecule has 1 amide bonds. The van der Waals surface area contributed by atoms with Crippen LogP contribution in [-0.2, 0) is 23.6 Å². The Bertz CT molecular complexity index is 1230. The number of carbonyl (C=O) groups excluding carboxylic acids is 2. The molecule has 1 N–H and O–H groups in total. The molecule has 2 heterocycles. The van der Waals surface area contributed by atoms with E-state index in [0.717, 1.165) is 56.0 Å². The van der Waals surface area contributed by atoms with Crippen LogP contribution in [0.15, 0.2) is 48.0 Å². The number of nitrogens with zero attached hydrogens (tertiary/aromatic N) is 1. The lowest BCUT2D eigenvalue weighted by molar-refractivity contribution is -0.138. The van der Waals surface area contributed by atoms with Crippen molar-refractivity contribution in [3.63, 3.8) is 0 Å². The number of anilines is 2. The summed E-state index contributed by atoms with van der Waals surface area (Å²) in [5, 5.41) is 2.11. The second kappa shape index (κ2) is 8.13. The third-order valence-corrected chi connectivity index (χ3v) is 7.01. The summed E-state index contributed by atoms with van der Waals surface area (Å²) in [5.74, 6) is -2.35. The molecule has 2 fully saturated rings. The fourth-order valence-corrected chi connectivity index (χ4v) is 5.47. The predicted molar refractivity (Wildman–Crippen MR) is 116 cm³/mol. The number of benzene rings is 2. The number of allylic oxidation sites excluding steroid dienone is 1. The Hall–Kier alpha value is -3.30. The summed E-state index contributed by atoms with van der Waals surface area (Å²) in [5.41, 5.74) is -3.57. The molecule has 2 bridgehead atoms. The number of Topliss-reactive ketones (excluding diaryl/α,β-unsaturated/α-hetero) is 1. The molecule has 184 valence electrons. The van der Waals surface area contributed by atoms with Crippen LogP contribution in [0, 0.1) is 0 Å². The van der Waals surface area contributed by atoms with Crippen LogP contribution in [0.1, 0.15) is 52.7 Å². The van der Waals surface area contributed by atoms with Gasteiger partial charge in [0.2, 0.25) is 0 Å². The van der Waals surface area contributed by atoms with E-state index >= 15 is 0 Å². The molecule has 3 aliphatic rings. The molecule has 5 rings (SSSR count). The summed E-state index contributed by atoms with van der Waals surface area (Å²) < 4.78 is 82.0. The van der Waals surface area contributed by atoms with Gasteiger partial charge in [0.15, 0.2) is 5.78 Å². The van der Waals surface area contributed by atoms with Gasteiger partial charge >= 0.3 is 12.4 Å². The van der Waals surface area contributed by atoms with E-state index in [1.54, 1.807) is 0 Å². The lowest BCUT2D eigenvalue weighted by atomic mass is 9.86. The summed E-state index contributed by atoms with van der Waals surface area (Å²) in [6, 6.07) is 7.25. The van der Waals surface area contributed by atoms with Crippen molar-refractivity contribution in [3.8, 4) is 0 Å². The van der Waals surface area contributed by atoms with E-state index in [2.05, 4.69) is 5.32 Å². The van der Waals surface area contributed by atoms with Crippen molar-refractivity contribution >= 4 is 23.1 Å². The van der Waals surface area contributed by atoms with Crippen LogP contribution < -0.4 is 10.2 Å². The highest BCUT2D eigenvalue weighted by Gasteiger charge is 2.42. The summed E-state index contributed by atoms with van der Waals surface area (Å²) in [6.07, 6.45) is -4.93. The Kier molecular flexibility index (Phi) is 5.45. The number of nitrogens with one attached hydrogen (secondary N) is 1. The SMILES string of the molecule is O=C(Nc1ccc(N2C3CCC2CC3)cc1C(F)(F)F)C1=CCc2cccc(C(F)(F)F)c2C1=O. The van der Waals surface area contributed by atoms with E-state index in [1.807, 2.05) is 4.90 Å². The van der Waals surface area contributed by atoms with Gasteiger partial charge in [0.25, 0.3) is 5.91 Å². The molecule has 2 aliphatic heterocycles. The standard InChI is InChI=1S/C25H20F6N2O2/c26-24(27,28)18-3-1-2-13-4-10-17(22(34)21(13)18)23(35)32-20-11-9-16(12-19(20)25(29,30)31)33-14-5-6-15(33)8-7-14/h1-3,9-12,14-15H,4-8H2,(H,32,35). The highest BCUT2D eigenvalue weighted by Crippen LogP contribution is 2.44. The number of amides is 1. The zero-order valence-corrected chi connectivity index (χ0v) is 18.3. The number of hydrogen-bond acceptors (Lipinski definition) is 3. The second-order valence-corrected chi connectivity index (χ2v) is 9.04. The third kappa shape index (κ3) is 4.08. The van der Waals surface area contributed by atoms with Crippen LogP contribution in [0.2, 0.25) is 0 Å². The molecule has 2 aromatic rings. The Morgan fingerprint density at radius 1 is 0.886 bits per heavy atom. The van der Waals surface area contributed by atoms with Gasteiger partial charge in [-0.05, 0) is 61.9 Å². The van der Waals surface area contributed by atoms with E-state index in [1.165, 1.54) is 12.1 Å². The molecule has 1 aliphatic carbocycles. The maximum atomic E-state index is 13.9. The van der Waals surface area contributed by atoms with Crippen molar-refractivity contribution in [2.75, 3.05) is 10.2 Å². The number of hydrogen-bond donors (Lipinski definition) is 1. The van der Waals surface area contributed by atoms with Crippen LogP contribution >= 0.6 is 0 Å². The molecule has 0 atom stereocenters. The average Bonchev–Trinajstić information content (AvgIpc) is 3.38. The van der Waals surface area contributed by atoms with Gasteiger partial charge in [-0.3, -0.25) is 9.59 Å². The Labute approximate surface area is 196 Å². The van der Waals surface area contributed by atoms with Gasteiger partial charge in [0.1, 0.15) is 0 Å². The fraction of sp³-hybridized carbons (Fsp3) is 0.360. The summed E-state index contributed by atoms with van der Waals surface area (Å²) >= 11 is 0. The Balaban J connectivity index is 1.45. The second-order valence-electron chi connectivity index (χ2n) is 9.04. The largest absolute Gasteiger partial charge is 0.418 e. The fourth-order valence-electron chi connectivity index (χ4n) is 5.47. The maximum Gasteiger partial charge on any atom is 0.418 e. The quantitative estimate of drug-likeness (QED) is 0.411. The van der Waals surface area contributed by atoms with Gasteiger partial charge in [0.05, 0.1) is 22.4 Å². The van der Waals surface area contributed by atoms with Crippen molar-refractivity contribution in [1.29, 1.82) is 0 Å². The van der Waals surface area contributed by atoms with Gasteiger partial charge in [-0.2, -0.15) is 26.3 Å². The molecule has 0 spiro atoms. The van der Waals surface area contributed by atoms with Gasteiger partial charge in [-0.1, -0.05) is 18.2 Å². The van der Waals surface area contributed by atoms with Gasteiger partial charge in [0, 0.05) is 23.3 Å². The van der Waals surface area contributed by atoms with Gasteiger partial charge < -0.3 is 10.2 Å². The first kappa shape index (κ1) is 23.4. The number of halogens is 6. The zero-order chi connectivity index (χ0) is 25.1. The number of carbonyl (C=O) groups is 2. The van der Waals surface area contributed by atoms with Crippen LogP contribution in [0.4, 0.5) is 37.7 Å². The molecule has 10 heteroatoms. The van der Waals surface area contributed by atoms with E-state index in [4.69, 9.17) is 0 Å². The lowest BCUT2D eigenvalue weighted by Gasteiger charge is -2.26. The number of fused-ring (bicyclic) bond motifs is 3. The molecule has 0 unspecified atom stereocenters. The van der Waals surface area contributed by atoms with Crippen LogP contribution in [0.5, 0.6) is 0 Å². The highest BCUT2D eigenvalue weighted by atomic mass is 19.4. The lowest BCUT2D eigenvalue weighted by Crippen LogP contribution is -2.29. The van der Waals surface area contributed by atoms with E-state index in [9.17, 15) is 35.9 Å². The third-order valence-electron chi connectivity index (χ3n) is 7.01. The molecule has 4 nitrogen and oxygen atoms in total. The molecular formula is C25H20F6N2O2. The Morgan fingerprint density at radius 3 is 2.11 bits per heavy atom. The van der Waals surface area contributed by atoms with Crippen molar-refractivity contribution < 1.29 is 35.9 Å². The van der Waals surface area contributed by atoms with E-state index < -0.39 is 52.0 Å². The number of rotatable bonds is 3. The average molecular weight is 494 g/mol. The van der Waals surface area contributed by atoms with Crippen molar-refractivity contribution in [2.24, 2.45) is 0 Å². The molecule has 0 aromatic heterocycles. The zero-order valence-electron chi connectivity index (χ0n) is 18.3. The molecule has 2 aromatic carbocycles. The topological polar surface area (TPSA) is 49.4 Å². The highest BCUT2D eigenvalue weighted by molar-refractivity contribution is 6.30. The molecule has 35 heavy (non-hydrogen) atoms. The summed E-state index contributed by atoms with van der Waals surface area (Å²) in [6.45, 7) is 0. The van der Waals surface area contributed by atoms with Crippen molar-refractivity contribution in [2.45, 2.75) is 56.5 Å². The minimum atomic E-state index is -4.83. The number of ketones is 1. The monoisotopic (exact) mass is 494 g/mol. The van der Waals surface area contributed by atoms with Crippen LogP contribution in [0.25, 0.3) is 0 Å². The maximum absolute atomic E-state index is 13.9.